The molecule has 1 fully saturated rings. The van der Waals surface area contributed by atoms with E-state index in [2.05, 4.69) is 21.9 Å². The molecule has 1 aliphatic rings. The monoisotopic (exact) mass is 446 g/mol. The number of nitrogens with zero attached hydrogens (tertiary/aromatic N) is 3. The zero-order valence-electron chi connectivity index (χ0n) is 18.9. The Morgan fingerprint density at radius 3 is 2.45 bits per heavy atom. The number of nitrogens with one attached hydrogen (secondary N) is 1. The average molecular weight is 447 g/mol. The Bertz CT molecular complexity index is 1320. The van der Waals surface area contributed by atoms with Gasteiger partial charge in [0.1, 0.15) is 17.2 Å². The normalized spacial score (nSPS) is 14.6. The molecule has 1 amide bonds. The minimum Gasteiger partial charge on any atom is -0.493 e. The van der Waals surface area contributed by atoms with Crippen molar-refractivity contribution in [2.45, 2.75) is 0 Å². The van der Waals surface area contributed by atoms with Gasteiger partial charge in [-0.1, -0.05) is 0 Å². The van der Waals surface area contributed by atoms with Gasteiger partial charge in [0.25, 0.3) is 5.91 Å². The lowest BCUT2D eigenvalue weighted by Crippen LogP contribution is -2.47. The van der Waals surface area contributed by atoms with E-state index in [9.17, 15) is 4.79 Å². The van der Waals surface area contributed by atoms with Crippen LogP contribution < -0.4 is 14.2 Å². The number of hydrogen-bond acceptors (Lipinski definition) is 6. The summed E-state index contributed by atoms with van der Waals surface area (Å²) in [5.74, 6) is 2.58. The van der Waals surface area contributed by atoms with Crippen LogP contribution in [0.3, 0.4) is 0 Å². The van der Waals surface area contributed by atoms with Crippen LogP contribution in [0.15, 0.2) is 48.7 Å². The summed E-state index contributed by atoms with van der Waals surface area (Å²) in [4.78, 5) is 24.7. The average Bonchev–Trinajstić information content (AvgIpc) is 3.27. The second-order valence-corrected chi connectivity index (χ2v) is 8.16. The Kier molecular flexibility index (Phi) is 5.51. The molecule has 0 aliphatic carbocycles. The van der Waals surface area contributed by atoms with E-state index in [4.69, 9.17) is 14.2 Å². The third-order valence-corrected chi connectivity index (χ3v) is 6.05. The molecule has 0 radical (unpaired) electrons. The number of amides is 1. The van der Waals surface area contributed by atoms with Gasteiger partial charge >= 0.3 is 0 Å². The first-order chi connectivity index (χ1) is 16.1. The van der Waals surface area contributed by atoms with Crippen molar-refractivity contribution in [2.24, 2.45) is 0 Å². The van der Waals surface area contributed by atoms with E-state index in [1.165, 1.54) is 0 Å². The lowest BCUT2D eigenvalue weighted by atomic mass is 10.1. The second-order valence-electron chi connectivity index (χ2n) is 8.16. The van der Waals surface area contributed by atoms with Crippen molar-refractivity contribution in [3.63, 3.8) is 0 Å². The SMILES string of the molecule is COc1cc2nccc(Oc3ccc4[nH]c(C(=O)N5CCN(C)CC5)cc4c3)c2cc1OC. The van der Waals surface area contributed by atoms with Crippen LogP contribution in [0.5, 0.6) is 23.0 Å². The number of methoxy groups -OCH3 is 2. The van der Waals surface area contributed by atoms with E-state index in [0.29, 0.717) is 28.7 Å². The molecule has 8 heteroatoms. The third kappa shape index (κ3) is 4.05. The molecule has 33 heavy (non-hydrogen) atoms. The molecule has 1 N–H and O–H groups in total. The molecule has 2 aromatic carbocycles. The van der Waals surface area contributed by atoms with Gasteiger partial charge in [-0.05, 0) is 43.4 Å². The van der Waals surface area contributed by atoms with E-state index in [-0.39, 0.29) is 5.91 Å². The van der Waals surface area contributed by atoms with Crippen LogP contribution in [0.2, 0.25) is 0 Å². The van der Waals surface area contributed by atoms with Crippen LogP contribution in [-0.4, -0.2) is 73.1 Å². The minimum atomic E-state index is 0.0305. The fourth-order valence-corrected chi connectivity index (χ4v) is 4.13. The standard InChI is InChI=1S/C25H26N4O4/c1-28-8-10-29(11-9-28)25(30)21-13-16-12-17(4-5-19(16)27-21)33-22-6-7-26-20-15-24(32-3)23(31-2)14-18(20)22/h4-7,12-15,27H,8-11H2,1-3H3. The summed E-state index contributed by atoms with van der Waals surface area (Å²) < 4.78 is 17.0. The van der Waals surface area contributed by atoms with E-state index in [1.807, 2.05) is 47.4 Å². The number of likely N-dealkylation sites (N-methyl/N-ethyl adjacent to an activating group) is 1. The summed E-state index contributed by atoms with van der Waals surface area (Å²) in [7, 11) is 5.27. The van der Waals surface area contributed by atoms with Crippen LogP contribution >= 0.6 is 0 Å². The molecule has 0 saturated carbocycles. The summed E-state index contributed by atoms with van der Waals surface area (Å²) in [6.07, 6.45) is 1.70. The lowest BCUT2D eigenvalue weighted by Gasteiger charge is -2.32. The fourth-order valence-electron chi connectivity index (χ4n) is 4.13. The molecule has 0 spiro atoms. The predicted octanol–water partition coefficient (Wildman–Crippen LogP) is 3.91. The Labute approximate surface area is 191 Å². The van der Waals surface area contributed by atoms with Crippen molar-refractivity contribution in [1.82, 2.24) is 19.8 Å². The van der Waals surface area contributed by atoms with Gasteiger partial charge in [-0.15, -0.1) is 0 Å². The summed E-state index contributed by atoms with van der Waals surface area (Å²) in [6.45, 7) is 3.26. The van der Waals surface area contributed by atoms with Crippen LogP contribution in [-0.2, 0) is 0 Å². The van der Waals surface area contributed by atoms with Gasteiger partial charge in [0.05, 0.1) is 19.7 Å². The Balaban J connectivity index is 1.43. The summed E-state index contributed by atoms with van der Waals surface area (Å²) in [5.41, 5.74) is 2.23. The van der Waals surface area contributed by atoms with Gasteiger partial charge in [-0.2, -0.15) is 0 Å². The Morgan fingerprint density at radius 2 is 1.70 bits per heavy atom. The van der Waals surface area contributed by atoms with Crippen molar-refractivity contribution in [1.29, 1.82) is 0 Å². The number of H-pyrrole nitrogens is 1. The van der Waals surface area contributed by atoms with Gasteiger partial charge < -0.3 is 29.0 Å². The number of carbonyl (C=O) groups is 1. The molecular formula is C25H26N4O4. The molecule has 2 aromatic heterocycles. The lowest BCUT2D eigenvalue weighted by molar-refractivity contribution is 0.0659. The van der Waals surface area contributed by atoms with E-state index >= 15 is 0 Å². The first-order valence-electron chi connectivity index (χ1n) is 10.8. The molecule has 4 aromatic rings. The highest BCUT2D eigenvalue weighted by Crippen LogP contribution is 2.37. The van der Waals surface area contributed by atoms with Crippen LogP contribution in [0.1, 0.15) is 10.5 Å². The molecule has 1 aliphatic heterocycles. The number of rotatable bonds is 5. The van der Waals surface area contributed by atoms with Crippen molar-refractivity contribution in [3.8, 4) is 23.0 Å². The first-order valence-corrected chi connectivity index (χ1v) is 10.8. The third-order valence-electron chi connectivity index (χ3n) is 6.05. The molecule has 0 unspecified atom stereocenters. The molecular weight excluding hydrogens is 420 g/mol. The fraction of sp³-hybridized carbons (Fsp3) is 0.280. The maximum absolute atomic E-state index is 12.9. The van der Waals surface area contributed by atoms with Crippen LogP contribution in [0.25, 0.3) is 21.8 Å². The van der Waals surface area contributed by atoms with Gasteiger partial charge in [0, 0.05) is 54.7 Å². The quantitative estimate of drug-likeness (QED) is 0.501. The molecule has 5 rings (SSSR count). The minimum absolute atomic E-state index is 0.0305. The number of aromatic amines is 1. The number of benzene rings is 2. The second kappa shape index (κ2) is 8.63. The van der Waals surface area contributed by atoms with Gasteiger partial charge in [0.15, 0.2) is 11.5 Å². The summed E-state index contributed by atoms with van der Waals surface area (Å²) in [5, 5.41) is 1.73. The highest BCUT2D eigenvalue weighted by atomic mass is 16.5. The number of fused-ring (bicyclic) bond motifs is 2. The van der Waals surface area contributed by atoms with Crippen molar-refractivity contribution >= 4 is 27.7 Å². The molecule has 8 nitrogen and oxygen atoms in total. The van der Waals surface area contributed by atoms with Crippen molar-refractivity contribution < 1.29 is 19.0 Å². The topological polar surface area (TPSA) is 79.9 Å². The number of carbonyl (C=O) groups excluding carboxylic acids is 1. The largest absolute Gasteiger partial charge is 0.493 e. The van der Waals surface area contributed by atoms with Gasteiger partial charge in [0.2, 0.25) is 0 Å². The number of aromatic nitrogens is 2. The molecule has 1 saturated heterocycles. The molecule has 3 heterocycles. The van der Waals surface area contributed by atoms with Crippen LogP contribution in [0.4, 0.5) is 0 Å². The highest BCUT2D eigenvalue weighted by molar-refractivity contribution is 5.98. The highest BCUT2D eigenvalue weighted by Gasteiger charge is 2.22. The zero-order valence-corrected chi connectivity index (χ0v) is 18.9. The van der Waals surface area contributed by atoms with E-state index in [0.717, 1.165) is 48.0 Å². The zero-order chi connectivity index (χ0) is 22.9. The smallest absolute Gasteiger partial charge is 0.270 e. The number of ether oxygens (including phenoxy) is 3. The first kappa shape index (κ1) is 21.1. The van der Waals surface area contributed by atoms with Gasteiger partial charge in [-0.25, -0.2) is 0 Å². The molecule has 170 valence electrons. The summed E-state index contributed by atoms with van der Waals surface area (Å²) >= 11 is 0. The predicted molar refractivity (Wildman–Crippen MR) is 127 cm³/mol. The number of hydrogen-bond donors (Lipinski definition) is 1. The summed E-state index contributed by atoms with van der Waals surface area (Å²) in [6, 6.07) is 13.1. The van der Waals surface area contributed by atoms with E-state index < -0.39 is 0 Å². The van der Waals surface area contributed by atoms with Crippen molar-refractivity contribution in [2.75, 3.05) is 47.4 Å². The molecule has 0 atom stereocenters. The number of pyridine rings is 1. The van der Waals surface area contributed by atoms with Crippen molar-refractivity contribution in [3.05, 3.63) is 54.4 Å². The van der Waals surface area contributed by atoms with Crippen LogP contribution in [0, 0.1) is 0 Å². The maximum atomic E-state index is 12.9. The van der Waals surface area contributed by atoms with E-state index in [1.54, 1.807) is 20.4 Å². The Hall–Kier alpha value is -3.78. The number of piperazine rings is 1. The van der Waals surface area contributed by atoms with Gasteiger partial charge in [-0.3, -0.25) is 9.78 Å². The molecule has 0 bridgehead atoms. The maximum Gasteiger partial charge on any atom is 0.270 e. The Morgan fingerprint density at radius 1 is 0.939 bits per heavy atom.